The second kappa shape index (κ2) is 6.13. The minimum atomic E-state index is -3.21. The standard InChI is InChI=1S/C12H22O11/c1-3-5(14)7(16)9(18)11(20,22-3)12(21)10(19)8(17)6(15)4(2-13)23-12/h3-10,13-21H,2H2,1H3/t3-,4+,5-,6+,7+,8-,9+,10+,11?,12?/m0/s1. The van der Waals surface area contributed by atoms with Crippen LogP contribution in [-0.4, -0.2) is 113 Å². The van der Waals surface area contributed by atoms with E-state index in [0.717, 1.165) is 0 Å². The Morgan fingerprint density at radius 1 is 0.739 bits per heavy atom. The summed E-state index contributed by atoms with van der Waals surface area (Å²) in [7, 11) is 0. The first-order valence-electron chi connectivity index (χ1n) is 7.01. The van der Waals surface area contributed by atoms with E-state index >= 15 is 0 Å². The third-order valence-corrected chi connectivity index (χ3v) is 4.40. The molecule has 9 N–H and O–H groups in total. The number of hydrogen-bond donors (Lipinski definition) is 9. The van der Waals surface area contributed by atoms with Gasteiger partial charge in [0.1, 0.15) is 42.7 Å². The molecule has 136 valence electrons. The molecule has 2 heterocycles. The van der Waals surface area contributed by atoms with Gasteiger partial charge < -0.3 is 55.4 Å². The lowest BCUT2D eigenvalue weighted by Crippen LogP contribution is -2.80. The zero-order chi connectivity index (χ0) is 17.7. The highest BCUT2D eigenvalue weighted by Gasteiger charge is 2.70. The van der Waals surface area contributed by atoms with Crippen LogP contribution < -0.4 is 0 Å². The molecular weight excluding hydrogens is 320 g/mol. The Kier molecular flexibility index (Phi) is 5.03. The van der Waals surface area contributed by atoms with Crippen LogP contribution in [0.3, 0.4) is 0 Å². The third-order valence-electron chi connectivity index (χ3n) is 4.40. The van der Waals surface area contributed by atoms with Crippen molar-refractivity contribution in [1.29, 1.82) is 0 Å². The van der Waals surface area contributed by atoms with Crippen molar-refractivity contribution in [1.82, 2.24) is 0 Å². The van der Waals surface area contributed by atoms with E-state index < -0.39 is 67.0 Å². The Balaban J connectivity index is 2.43. The van der Waals surface area contributed by atoms with Crippen LogP contribution in [-0.2, 0) is 9.47 Å². The summed E-state index contributed by atoms with van der Waals surface area (Å²) in [5.74, 6) is -6.38. The fourth-order valence-corrected chi connectivity index (χ4v) is 2.86. The molecule has 0 aromatic rings. The van der Waals surface area contributed by atoms with Gasteiger partial charge in [-0.15, -0.1) is 0 Å². The lowest BCUT2D eigenvalue weighted by Gasteiger charge is -2.56. The Morgan fingerprint density at radius 2 is 1.17 bits per heavy atom. The molecule has 2 saturated heterocycles. The third kappa shape index (κ3) is 2.58. The molecule has 0 aromatic heterocycles. The van der Waals surface area contributed by atoms with E-state index in [0.29, 0.717) is 0 Å². The summed E-state index contributed by atoms with van der Waals surface area (Å²) in [6, 6.07) is 0. The van der Waals surface area contributed by atoms with Crippen molar-refractivity contribution in [2.75, 3.05) is 6.61 Å². The van der Waals surface area contributed by atoms with Gasteiger partial charge in [0, 0.05) is 0 Å². The van der Waals surface area contributed by atoms with Crippen molar-refractivity contribution in [3.63, 3.8) is 0 Å². The first-order chi connectivity index (χ1) is 10.5. The normalized spacial score (nSPS) is 58.2. The second-order valence-corrected chi connectivity index (χ2v) is 5.91. The highest BCUT2D eigenvalue weighted by molar-refractivity contribution is 5.09. The Bertz CT molecular complexity index is 433. The largest absolute Gasteiger partial charge is 0.394 e. The second-order valence-electron chi connectivity index (χ2n) is 5.91. The highest BCUT2D eigenvalue weighted by atomic mass is 16.7. The first-order valence-corrected chi connectivity index (χ1v) is 7.01. The molecule has 0 bridgehead atoms. The first kappa shape index (κ1) is 18.9. The smallest absolute Gasteiger partial charge is 0.254 e. The molecule has 0 saturated carbocycles. The van der Waals surface area contributed by atoms with Crippen LogP contribution in [0.1, 0.15) is 6.92 Å². The van der Waals surface area contributed by atoms with Crippen LogP contribution >= 0.6 is 0 Å². The van der Waals surface area contributed by atoms with Crippen molar-refractivity contribution in [2.45, 2.75) is 67.3 Å². The minimum Gasteiger partial charge on any atom is -0.394 e. The van der Waals surface area contributed by atoms with E-state index in [1.165, 1.54) is 6.92 Å². The van der Waals surface area contributed by atoms with Gasteiger partial charge in [-0.3, -0.25) is 0 Å². The minimum absolute atomic E-state index is 0.903. The summed E-state index contributed by atoms with van der Waals surface area (Å²) in [5.41, 5.74) is 0. The molecule has 2 fully saturated rings. The van der Waals surface area contributed by atoms with Crippen molar-refractivity contribution in [3.05, 3.63) is 0 Å². The Hall–Kier alpha value is -0.440. The molecule has 0 aromatic carbocycles. The SMILES string of the molecule is C[C@@H]1OC(O)(C2(O)O[C@H](CO)[C@@H](O)[C@H](O)[C@H]2O)[C@H](O)[C@H](O)[C@H]1O. The summed E-state index contributed by atoms with van der Waals surface area (Å²) in [5, 5.41) is 89.0. The summed E-state index contributed by atoms with van der Waals surface area (Å²) in [6.07, 6.45) is -15.1. The van der Waals surface area contributed by atoms with Crippen molar-refractivity contribution >= 4 is 0 Å². The fourth-order valence-electron chi connectivity index (χ4n) is 2.86. The van der Waals surface area contributed by atoms with Crippen molar-refractivity contribution in [3.8, 4) is 0 Å². The van der Waals surface area contributed by atoms with E-state index in [4.69, 9.17) is 14.6 Å². The van der Waals surface area contributed by atoms with Gasteiger partial charge in [-0.05, 0) is 6.92 Å². The molecule has 10 atom stereocenters. The van der Waals surface area contributed by atoms with Gasteiger partial charge in [0.05, 0.1) is 12.7 Å². The Labute approximate surface area is 130 Å². The molecular formula is C12H22O11. The lowest BCUT2D eigenvalue weighted by molar-refractivity contribution is -0.488. The average Bonchev–Trinajstić information content (AvgIpc) is 2.52. The van der Waals surface area contributed by atoms with Crippen LogP contribution in [0.25, 0.3) is 0 Å². The van der Waals surface area contributed by atoms with Gasteiger partial charge in [-0.1, -0.05) is 0 Å². The predicted octanol–water partition coefficient (Wildman–Crippen LogP) is -5.66. The quantitative estimate of drug-likeness (QED) is 0.231. The lowest BCUT2D eigenvalue weighted by atomic mass is 9.81. The summed E-state index contributed by atoms with van der Waals surface area (Å²) in [4.78, 5) is 0. The molecule has 0 radical (unpaired) electrons. The number of aliphatic hydroxyl groups is 9. The molecule has 2 aliphatic rings. The molecule has 11 heteroatoms. The van der Waals surface area contributed by atoms with E-state index in [1.807, 2.05) is 0 Å². The van der Waals surface area contributed by atoms with Gasteiger partial charge in [0.2, 0.25) is 0 Å². The molecule has 2 unspecified atom stereocenters. The van der Waals surface area contributed by atoms with Crippen molar-refractivity contribution in [2.24, 2.45) is 0 Å². The van der Waals surface area contributed by atoms with Crippen molar-refractivity contribution < 1.29 is 55.4 Å². The van der Waals surface area contributed by atoms with Crippen LogP contribution in [0.2, 0.25) is 0 Å². The number of ether oxygens (including phenoxy) is 2. The monoisotopic (exact) mass is 342 g/mol. The predicted molar refractivity (Wildman–Crippen MR) is 68.4 cm³/mol. The van der Waals surface area contributed by atoms with Crippen LogP contribution in [0, 0.1) is 0 Å². The number of rotatable bonds is 2. The maximum atomic E-state index is 10.5. The van der Waals surface area contributed by atoms with Gasteiger partial charge in [0.15, 0.2) is 0 Å². The van der Waals surface area contributed by atoms with E-state index in [2.05, 4.69) is 0 Å². The Morgan fingerprint density at radius 3 is 1.65 bits per heavy atom. The average molecular weight is 342 g/mol. The van der Waals surface area contributed by atoms with Gasteiger partial charge >= 0.3 is 0 Å². The van der Waals surface area contributed by atoms with E-state index in [-0.39, 0.29) is 0 Å². The maximum absolute atomic E-state index is 10.5. The van der Waals surface area contributed by atoms with E-state index in [1.54, 1.807) is 0 Å². The molecule has 0 amide bonds. The van der Waals surface area contributed by atoms with Gasteiger partial charge in [-0.2, -0.15) is 0 Å². The number of hydrogen-bond acceptors (Lipinski definition) is 11. The summed E-state index contributed by atoms with van der Waals surface area (Å²) >= 11 is 0. The van der Waals surface area contributed by atoms with Gasteiger partial charge in [-0.25, -0.2) is 0 Å². The number of aliphatic hydroxyl groups excluding tert-OH is 7. The highest BCUT2D eigenvalue weighted by Crippen LogP contribution is 2.43. The fraction of sp³-hybridized carbons (Fsp3) is 1.00. The maximum Gasteiger partial charge on any atom is 0.254 e. The summed E-state index contributed by atoms with van der Waals surface area (Å²) in [6.45, 7) is 0.304. The molecule has 23 heavy (non-hydrogen) atoms. The zero-order valence-corrected chi connectivity index (χ0v) is 12.2. The molecule has 2 aliphatic heterocycles. The van der Waals surface area contributed by atoms with Crippen LogP contribution in [0.4, 0.5) is 0 Å². The molecule has 11 nitrogen and oxygen atoms in total. The van der Waals surface area contributed by atoms with Crippen LogP contribution in [0.5, 0.6) is 0 Å². The van der Waals surface area contributed by atoms with E-state index in [9.17, 15) is 40.9 Å². The molecule has 0 aliphatic carbocycles. The van der Waals surface area contributed by atoms with Gasteiger partial charge in [0.25, 0.3) is 11.6 Å². The molecule has 0 spiro atoms. The topological polar surface area (TPSA) is 201 Å². The van der Waals surface area contributed by atoms with Crippen LogP contribution in [0.15, 0.2) is 0 Å². The zero-order valence-electron chi connectivity index (χ0n) is 12.2. The molecule has 2 rings (SSSR count). The summed E-state index contributed by atoms with van der Waals surface area (Å²) < 4.78 is 9.82.